The second kappa shape index (κ2) is 8.01. The van der Waals surface area contributed by atoms with Gasteiger partial charge < -0.3 is 30.1 Å². The van der Waals surface area contributed by atoms with E-state index < -0.39 is 46.2 Å². The zero-order valence-electron chi connectivity index (χ0n) is 17.0. The van der Waals surface area contributed by atoms with Crippen molar-refractivity contribution in [3.8, 4) is 0 Å². The summed E-state index contributed by atoms with van der Waals surface area (Å²) < 4.78 is 53.5. The molecule has 1 unspecified atom stereocenters. The first-order valence-electron chi connectivity index (χ1n) is 8.88. The Morgan fingerprint density at radius 2 is 2.00 bits per heavy atom. The van der Waals surface area contributed by atoms with Gasteiger partial charge in [0.15, 0.2) is 28.9 Å². The third-order valence-electron chi connectivity index (χ3n) is 4.94. The van der Waals surface area contributed by atoms with Crippen molar-refractivity contribution in [2.75, 3.05) is 31.3 Å². The van der Waals surface area contributed by atoms with Crippen molar-refractivity contribution in [3.63, 3.8) is 0 Å². The number of fused-ring (bicyclic) bond motifs is 1. The Morgan fingerprint density at radius 1 is 1.35 bits per heavy atom. The summed E-state index contributed by atoms with van der Waals surface area (Å²) in [4.78, 5) is 41.0. The van der Waals surface area contributed by atoms with Crippen molar-refractivity contribution in [2.45, 2.75) is 31.8 Å². The Bertz CT molecular complexity index is 1070. The third kappa shape index (κ3) is 4.89. The molecule has 2 aromatic rings. The molecule has 174 valence electrons. The van der Waals surface area contributed by atoms with Gasteiger partial charge in [0.05, 0.1) is 19.0 Å². The van der Waals surface area contributed by atoms with Crippen LogP contribution < -0.4 is 10.6 Å². The number of nitrogen functional groups attached to an aromatic ring is 1. The normalized spacial score (nSPS) is 28.7. The van der Waals surface area contributed by atoms with E-state index in [1.807, 2.05) is 0 Å². The molecule has 1 aliphatic heterocycles. The number of imidazole rings is 1. The van der Waals surface area contributed by atoms with Crippen LogP contribution in [-0.2, 0) is 22.7 Å². The van der Waals surface area contributed by atoms with Gasteiger partial charge in [0.1, 0.15) is 0 Å². The Morgan fingerprint density at radius 3 is 2.58 bits per heavy atom. The molecule has 0 aliphatic carbocycles. The molecule has 0 amide bonds. The minimum Gasteiger partial charge on any atom is -0.368 e. The lowest BCUT2D eigenvalue weighted by atomic mass is 9.90. The van der Waals surface area contributed by atoms with Gasteiger partial charge in [-0.3, -0.25) is 9.09 Å². The fraction of sp³-hybridized carbons (Fsp3) is 0.643. The van der Waals surface area contributed by atoms with Crippen LogP contribution in [0.25, 0.3) is 11.2 Å². The van der Waals surface area contributed by atoms with E-state index in [-0.39, 0.29) is 11.6 Å². The highest BCUT2D eigenvalue weighted by Gasteiger charge is 2.54. The molecule has 0 aromatic carbocycles. The summed E-state index contributed by atoms with van der Waals surface area (Å²) in [5, 5.41) is 0. The second-order valence-corrected chi connectivity index (χ2v) is 10.3. The second-order valence-electron chi connectivity index (χ2n) is 7.43. The molecule has 3 heterocycles. The number of hydrogen-bond acceptors (Lipinski definition) is 10. The van der Waals surface area contributed by atoms with Gasteiger partial charge in [0.25, 0.3) is 0 Å². The fourth-order valence-corrected chi connectivity index (χ4v) is 4.85. The summed E-state index contributed by atoms with van der Waals surface area (Å²) >= 11 is 0. The third-order valence-corrected chi connectivity index (χ3v) is 7.09. The quantitative estimate of drug-likeness (QED) is 0.406. The molecule has 1 saturated heterocycles. The number of phosphoric acid groups is 2. The molecule has 0 bridgehead atoms. The van der Waals surface area contributed by atoms with Crippen LogP contribution in [-0.4, -0.2) is 66.7 Å². The number of nitrogens with two attached hydrogens (primary N) is 1. The summed E-state index contributed by atoms with van der Waals surface area (Å²) in [6, 6.07) is 0. The molecule has 31 heavy (non-hydrogen) atoms. The van der Waals surface area contributed by atoms with Crippen LogP contribution in [0.1, 0.15) is 20.1 Å². The summed E-state index contributed by atoms with van der Waals surface area (Å²) in [6.07, 6.45) is -1.00. The first-order valence-corrected chi connectivity index (χ1v) is 11.9. The van der Waals surface area contributed by atoms with E-state index in [9.17, 15) is 14.0 Å². The van der Waals surface area contributed by atoms with Crippen molar-refractivity contribution in [1.29, 1.82) is 0 Å². The van der Waals surface area contributed by atoms with E-state index in [4.69, 9.17) is 20.3 Å². The highest BCUT2D eigenvalue weighted by molar-refractivity contribution is 7.60. The summed E-state index contributed by atoms with van der Waals surface area (Å²) in [7, 11) is -6.93. The van der Waals surface area contributed by atoms with Crippen molar-refractivity contribution in [3.05, 3.63) is 6.33 Å². The Labute approximate surface area is 176 Å². The zero-order valence-corrected chi connectivity index (χ0v) is 18.8. The number of nitrogens with zero attached hydrogens (tertiary/aromatic N) is 5. The van der Waals surface area contributed by atoms with Gasteiger partial charge in [-0.25, -0.2) is 18.5 Å². The average Bonchev–Trinajstić information content (AvgIpc) is 3.10. The highest BCUT2D eigenvalue weighted by atomic mass is 31.3. The number of phosphoric ester groups is 1. The summed E-state index contributed by atoms with van der Waals surface area (Å²) in [5.41, 5.74) is 4.35. The number of halogens is 1. The lowest BCUT2D eigenvalue weighted by molar-refractivity contribution is -0.0559. The maximum Gasteiger partial charge on any atom is 0.481 e. The number of anilines is 2. The van der Waals surface area contributed by atoms with Gasteiger partial charge in [-0.05, 0) is 6.92 Å². The monoisotopic (exact) mass is 484 g/mol. The van der Waals surface area contributed by atoms with Crippen molar-refractivity contribution < 1.29 is 41.8 Å². The van der Waals surface area contributed by atoms with E-state index >= 15 is 4.39 Å². The predicted octanol–water partition coefficient (Wildman–Crippen LogP) is 0.962. The van der Waals surface area contributed by atoms with Crippen molar-refractivity contribution >= 4 is 38.6 Å². The molecule has 2 aromatic heterocycles. The molecule has 0 saturated carbocycles. The van der Waals surface area contributed by atoms with Crippen LogP contribution in [0.2, 0.25) is 0 Å². The minimum atomic E-state index is -5.28. The molecular formula is C14H23FN6O8P2. The van der Waals surface area contributed by atoms with E-state index in [0.29, 0.717) is 11.3 Å². The van der Waals surface area contributed by atoms with Gasteiger partial charge in [-0.15, -0.1) is 0 Å². The largest absolute Gasteiger partial charge is 0.481 e. The van der Waals surface area contributed by atoms with Crippen LogP contribution in [0.15, 0.2) is 6.33 Å². The number of alkyl halides is 1. The van der Waals surface area contributed by atoms with Crippen LogP contribution in [0.3, 0.4) is 0 Å². The number of aromatic nitrogens is 4. The smallest absolute Gasteiger partial charge is 0.368 e. The summed E-state index contributed by atoms with van der Waals surface area (Å²) in [6.45, 7) is 2.10. The van der Waals surface area contributed by atoms with Crippen LogP contribution in [0.5, 0.6) is 0 Å². The lowest BCUT2D eigenvalue weighted by Gasteiger charge is -2.25. The lowest BCUT2D eigenvalue weighted by Crippen LogP contribution is -2.34. The maximum absolute atomic E-state index is 15.7. The van der Waals surface area contributed by atoms with E-state index in [1.54, 1.807) is 19.0 Å². The molecule has 5 atom stereocenters. The van der Waals surface area contributed by atoms with Crippen LogP contribution in [0, 0.1) is 5.92 Å². The molecule has 3 rings (SSSR count). The van der Waals surface area contributed by atoms with Gasteiger partial charge in [0.2, 0.25) is 5.95 Å². The molecule has 17 heteroatoms. The van der Waals surface area contributed by atoms with Gasteiger partial charge in [-0.1, -0.05) is 6.92 Å². The van der Waals surface area contributed by atoms with Crippen LogP contribution in [0.4, 0.5) is 16.2 Å². The highest BCUT2D eigenvalue weighted by Crippen LogP contribution is 2.58. The zero-order chi connectivity index (χ0) is 23.4. The molecule has 1 fully saturated rings. The fourth-order valence-electron chi connectivity index (χ4n) is 3.25. The topological polar surface area (TPSA) is 195 Å². The van der Waals surface area contributed by atoms with Gasteiger partial charge >= 0.3 is 15.6 Å². The van der Waals surface area contributed by atoms with E-state index in [1.165, 1.54) is 24.7 Å². The summed E-state index contributed by atoms with van der Waals surface area (Å²) in [5.74, 6) is -0.499. The standard InChI is InChI=1S/C14H23FN6O8P2/c1-7-8(5-27-31(25,26)29-30(22,23)24)28-12(14(7,2)15)21-6-17-9-10(20(3)4)18-13(16)19-11(9)21/h6-8,12H,5H2,1-4H3,(H,25,26)(H2,16,18,19)(H2,22,23,24)/t7-,8-,12-,14-/m1/s1. The van der Waals surface area contributed by atoms with E-state index in [2.05, 4.69) is 23.8 Å². The SMILES string of the molecule is C[C@@H]1[C@@H](COP(=O)(O)OP(=O)(O)O)O[C@@H](n2cnc3c(N(C)C)nc(N)nc32)[C@]1(C)F. The van der Waals surface area contributed by atoms with Crippen molar-refractivity contribution in [1.82, 2.24) is 19.5 Å². The molecule has 1 aliphatic rings. The average molecular weight is 484 g/mol. The first-order chi connectivity index (χ1) is 14.1. The number of rotatable bonds is 7. The molecule has 5 N–H and O–H groups in total. The Hall–Kier alpha value is -1.70. The Kier molecular flexibility index (Phi) is 6.19. The van der Waals surface area contributed by atoms with Gasteiger partial charge in [-0.2, -0.15) is 14.3 Å². The maximum atomic E-state index is 15.7. The Balaban J connectivity index is 1.89. The molecule has 0 spiro atoms. The molecule has 14 nitrogen and oxygen atoms in total. The molecule has 0 radical (unpaired) electrons. The van der Waals surface area contributed by atoms with Crippen molar-refractivity contribution in [2.24, 2.45) is 5.92 Å². The minimum absolute atomic E-state index is 0.0553. The molecular weight excluding hydrogens is 461 g/mol. The van der Waals surface area contributed by atoms with Gasteiger partial charge in [0, 0.05) is 20.0 Å². The van der Waals surface area contributed by atoms with E-state index in [0.717, 1.165) is 0 Å². The predicted molar refractivity (Wildman–Crippen MR) is 106 cm³/mol. The van der Waals surface area contributed by atoms with Crippen LogP contribution >= 0.6 is 15.6 Å². The number of ether oxygens (including phenoxy) is 1. The number of hydrogen-bond donors (Lipinski definition) is 4. The first kappa shape index (κ1) is 24.0.